The summed E-state index contributed by atoms with van der Waals surface area (Å²) >= 11 is 3.35. The SMILES string of the molecule is COc1cc(C(=O)Nc2cccc(S(=O)(=O)NC3=NCCC3)c2)cc(OC)c1Br. The summed E-state index contributed by atoms with van der Waals surface area (Å²) in [6.45, 7) is 0.619. The van der Waals surface area contributed by atoms with Gasteiger partial charge in [-0.2, -0.15) is 0 Å². The highest BCUT2D eigenvalue weighted by molar-refractivity contribution is 9.10. The number of hydrogen-bond acceptors (Lipinski definition) is 6. The number of anilines is 1. The average Bonchev–Trinajstić information content (AvgIpc) is 3.20. The van der Waals surface area contributed by atoms with E-state index in [0.29, 0.717) is 46.0 Å². The van der Waals surface area contributed by atoms with Crippen LogP contribution in [0.25, 0.3) is 0 Å². The predicted molar refractivity (Wildman–Crippen MR) is 113 cm³/mol. The van der Waals surface area contributed by atoms with Crippen molar-refractivity contribution in [1.82, 2.24) is 4.72 Å². The number of halogens is 1. The Morgan fingerprint density at radius 2 is 1.83 bits per heavy atom. The molecule has 1 heterocycles. The van der Waals surface area contributed by atoms with Gasteiger partial charge in [0.2, 0.25) is 0 Å². The van der Waals surface area contributed by atoms with Crippen LogP contribution in [0.2, 0.25) is 0 Å². The summed E-state index contributed by atoms with van der Waals surface area (Å²) in [5.74, 6) is 0.894. The third-order valence-corrected chi connectivity index (χ3v) is 6.40. The number of hydrogen-bond donors (Lipinski definition) is 2. The monoisotopic (exact) mass is 481 g/mol. The molecule has 154 valence electrons. The van der Waals surface area contributed by atoms with Gasteiger partial charge in [0.05, 0.1) is 19.1 Å². The van der Waals surface area contributed by atoms with E-state index in [0.717, 1.165) is 6.42 Å². The molecule has 0 unspecified atom stereocenters. The van der Waals surface area contributed by atoms with Crippen molar-refractivity contribution in [1.29, 1.82) is 0 Å². The van der Waals surface area contributed by atoms with Gasteiger partial charge in [-0.15, -0.1) is 0 Å². The van der Waals surface area contributed by atoms with Gasteiger partial charge < -0.3 is 14.8 Å². The molecule has 2 aromatic rings. The smallest absolute Gasteiger partial charge is 0.262 e. The summed E-state index contributed by atoms with van der Waals surface area (Å²) in [6, 6.07) is 9.13. The van der Waals surface area contributed by atoms with Gasteiger partial charge in [0.25, 0.3) is 15.9 Å². The number of methoxy groups -OCH3 is 2. The van der Waals surface area contributed by atoms with Gasteiger partial charge >= 0.3 is 0 Å². The van der Waals surface area contributed by atoms with Crippen LogP contribution in [0.3, 0.4) is 0 Å². The van der Waals surface area contributed by atoms with E-state index in [9.17, 15) is 13.2 Å². The summed E-state index contributed by atoms with van der Waals surface area (Å²) in [7, 11) is -0.805. The van der Waals surface area contributed by atoms with Crippen molar-refractivity contribution in [2.75, 3.05) is 26.1 Å². The maximum Gasteiger partial charge on any atom is 0.262 e. The third-order valence-electron chi connectivity index (χ3n) is 4.24. The summed E-state index contributed by atoms with van der Waals surface area (Å²) in [6.07, 6.45) is 1.43. The molecule has 10 heteroatoms. The number of aliphatic imine (C=N–C) groups is 1. The average molecular weight is 482 g/mol. The molecule has 0 saturated heterocycles. The van der Waals surface area contributed by atoms with Crippen molar-refractivity contribution in [3.05, 3.63) is 46.4 Å². The number of rotatable bonds is 6. The topological polar surface area (TPSA) is 106 Å². The Labute approximate surface area is 177 Å². The molecule has 1 amide bonds. The molecule has 3 rings (SSSR count). The molecule has 0 atom stereocenters. The fraction of sp³-hybridized carbons (Fsp3) is 0.263. The molecule has 0 spiro atoms. The van der Waals surface area contributed by atoms with Gasteiger partial charge in [-0.1, -0.05) is 6.07 Å². The molecular weight excluding hydrogens is 462 g/mol. The first kappa shape index (κ1) is 21.1. The van der Waals surface area contributed by atoms with Gasteiger partial charge in [0.1, 0.15) is 21.8 Å². The Morgan fingerprint density at radius 3 is 2.41 bits per heavy atom. The lowest BCUT2D eigenvalue weighted by molar-refractivity contribution is 0.102. The summed E-state index contributed by atoms with van der Waals surface area (Å²) in [4.78, 5) is 16.8. The molecule has 0 fully saturated rings. The predicted octanol–water partition coefficient (Wildman–Crippen LogP) is 3.19. The van der Waals surface area contributed by atoms with Crippen molar-refractivity contribution >= 4 is 43.4 Å². The minimum Gasteiger partial charge on any atom is -0.495 e. The molecule has 29 heavy (non-hydrogen) atoms. The summed E-state index contributed by atoms with van der Waals surface area (Å²) < 4.78 is 38.7. The zero-order valence-corrected chi connectivity index (χ0v) is 18.3. The molecule has 2 N–H and O–H groups in total. The summed E-state index contributed by atoms with van der Waals surface area (Å²) in [5, 5.41) is 2.70. The van der Waals surface area contributed by atoms with Crippen LogP contribution in [0.1, 0.15) is 23.2 Å². The van der Waals surface area contributed by atoms with Gasteiger partial charge in [0, 0.05) is 24.2 Å². The van der Waals surface area contributed by atoms with E-state index in [-0.39, 0.29) is 4.90 Å². The van der Waals surface area contributed by atoms with Crippen LogP contribution in [-0.2, 0) is 10.0 Å². The van der Waals surface area contributed by atoms with Crippen molar-refractivity contribution in [2.24, 2.45) is 4.99 Å². The number of carbonyl (C=O) groups excluding carboxylic acids is 1. The van der Waals surface area contributed by atoms with Gasteiger partial charge in [-0.05, 0) is 52.7 Å². The van der Waals surface area contributed by atoms with E-state index in [1.807, 2.05) is 0 Å². The van der Waals surface area contributed by atoms with Crippen molar-refractivity contribution in [3.63, 3.8) is 0 Å². The normalized spacial score (nSPS) is 13.6. The Hall–Kier alpha value is -2.59. The molecule has 1 aliphatic rings. The van der Waals surface area contributed by atoms with E-state index >= 15 is 0 Å². The molecule has 0 aromatic heterocycles. The maximum absolute atomic E-state index is 12.7. The van der Waals surface area contributed by atoms with Gasteiger partial charge in [0.15, 0.2) is 0 Å². The van der Waals surface area contributed by atoms with E-state index in [2.05, 4.69) is 31.0 Å². The van der Waals surface area contributed by atoms with Crippen LogP contribution < -0.4 is 19.5 Å². The Bertz CT molecular complexity index is 1040. The van der Waals surface area contributed by atoms with Crippen LogP contribution in [0, 0.1) is 0 Å². The first-order chi connectivity index (χ1) is 13.8. The quantitative estimate of drug-likeness (QED) is 0.658. The highest BCUT2D eigenvalue weighted by atomic mass is 79.9. The van der Waals surface area contributed by atoms with Crippen molar-refractivity contribution in [3.8, 4) is 11.5 Å². The second kappa shape index (κ2) is 8.83. The van der Waals surface area contributed by atoms with Crippen LogP contribution in [-0.4, -0.2) is 40.9 Å². The minimum atomic E-state index is -3.77. The number of nitrogens with one attached hydrogen (secondary N) is 2. The fourth-order valence-electron chi connectivity index (χ4n) is 2.78. The molecule has 2 aromatic carbocycles. The third kappa shape index (κ3) is 4.88. The van der Waals surface area contributed by atoms with Gasteiger partial charge in [-0.3, -0.25) is 14.5 Å². The molecule has 0 saturated carbocycles. The lowest BCUT2D eigenvalue weighted by Gasteiger charge is -2.12. The number of amidine groups is 1. The number of benzene rings is 2. The Kier molecular flexibility index (Phi) is 6.43. The zero-order chi connectivity index (χ0) is 21.0. The van der Waals surface area contributed by atoms with Crippen LogP contribution in [0.4, 0.5) is 5.69 Å². The van der Waals surface area contributed by atoms with E-state index in [1.54, 1.807) is 24.3 Å². The second-order valence-corrected chi connectivity index (χ2v) is 8.69. The first-order valence-electron chi connectivity index (χ1n) is 8.73. The van der Waals surface area contributed by atoms with E-state index in [4.69, 9.17) is 9.47 Å². The van der Waals surface area contributed by atoms with E-state index in [1.165, 1.54) is 26.4 Å². The number of ether oxygens (including phenoxy) is 2. The van der Waals surface area contributed by atoms with Crippen molar-refractivity contribution < 1.29 is 22.7 Å². The largest absolute Gasteiger partial charge is 0.495 e. The van der Waals surface area contributed by atoms with Crippen LogP contribution in [0.15, 0.2) is 50.8 Å². The van der Waals surface area contributed by atoms with Gasteiger partial charge in [-0.25, -0.2) is 8.42 Å². The van der Waals surface area contributed by atoms with Crippen LogP contribution in [0.5, 0.6) is 11.5 Å². The Balaban J connectivity index is 1.82. The highest BCUT2D eigenvalue weighted by Gasteiger charge is 2.19. The number of sulfonamides is 1. The molecule has 8 nitrogen and oxygen atoms in total. The lowest BCUT2D eigenvalue weighted by atomic mass is 10.1. The number of amides is 1. The maximum atomic E-state index is 12.7. The summed E-state index contributed by atoms with van der Waals surface area (Å²) in [5.41, 5.74) is 0.640. The number of carbonyl (C=O) groups is 1. The number of nitrogens with zero attached hydrogens (tertiary/aromatic N) is 1. The minimum absolute atomic E-state index is 0.0378. The van der Waals surface area contributed by atoms with Crippen molar-refractivity contribution in [2.45, 2.75) is 17.7 Å². The standard InChI is InChI=1S/C19H20BrN3O5S/c1-27-15-9-12(10-16(28-2)18(15)20)19(24)22-13-5-3-6-14(11-13)29(25,26)23-17-7-4-8-21-17/h3,5-6,9-11H,4,7-8H2,1-2H3,(H,21,23)(H,22,24). The second-order valence-electron chi connectivity index (χ2n) is 6.21. The molecule has 0 radical (unpaired) electrons. The molecular formula is C19H20BrN3O5S. The molecule has 1 aliphatic heterocycles. The highest BCUT2D eigenvalue weighted by Crippen LogP contribution is 2.35. The van der Waals surface area contributed by atoms with Crippen LogP contribution >= 0.6 is 15.9 Å². The molecule has 0 bridgehead atoms. The first-order valence-corrected chi connectivity index (χ1v) is 11.0. The zero-order valence-electron chi connectivity index (χ0n) is 15.9. The fourth-order valence-corrected chi connectivity index (χ4v) is 4.47. The van der Waals surface area contributed by atoms with E-state index < -0.39 is 15.9 Å². The lowest BCUT2D eigenvalue weighted by Crippen LogP contribution is -2.29. The molecule has 0 aliphatic carbocycles. The Morgan fingerprint density at radius 1 is 1.14 bits per heavy atom.